The van der Waals surface area contributed by atoms with Gasteiger partial charge in [0.25, 0.3) is 11.6 Å². The molecule has 2 heterocycles. The number of aromatic nitrogens is 2. The van der Waals surface area contributed by atoms with E-state index in [0.29, 0.717) is 6.42 Å². The van der Waals surface area contributed by atoms with Crippen molar-refractivity contribution in [2.45, 2.75) is 17.4 Å². The molecule has 10 nitrogen and oxygen atoms in total. The maximum atomic E-state index is 12.8. The number of nitro groups is 1. The summed E-state index contributed by atoms with van der Waals surface area (Å²) in [6.07, 6.45) is 2.55. The second-order valence-corrected chi connectivity index (χ2v) is 7.34. The van der Waals surface area contributed by atoms with Gasteiger partial charge in [-0.25, -0.2) is 18.4 Å². The highest BCUT2D eigenvalue weighted by Crippen LogP contribution is 2.29. The Bertz CT molecular complexity index is 988. The molecule has 1 aromatic carbocycles. The Hall–Kier alpha value is -3.10. The van der Waals surface area contributed by atoms with Crippen molar-refractivity contribution in [3.8, 4) is 11.9 Å². The zero-order chi connectivity index (χ0) is 18.7. The van der Waals surface area contributed by atoms with Crippen LogP contribution in [0.5, 0.6) is 5.88 Å². The van der Waals surface area contributed by atoms with Gasteiger partial charge < -0.3 is 4.74 Å². The standard InChI is InChI=1S/C15H13N5O5S/c16-9-12-15(18-7-6-17-12)25-11-5-8-19(10-11)26(23,24)14-4-2-1-3-13(14)20(21)22/h1-4,6-7,11H,5,8,10H2. The SMILES string of the molecule is N#Cc1nccnc1OC1CCN(S(=O)(=O)c2ccccc2[N+](=O)[O-])C1. The molecule has 1 fully saturated rings. The van der Waals surface area contributed by atoms with E-state index in [1.807, 2.05) is 6.07 Å². The lowest BCUT2D eigenvalue weighted by Gasteiger charge is -2.17. The number of rotatable bonds is 5. The fourth-order valence-corrected chi connectivity index (χ4v) is 4.27. The van der Waals surface area contributed by atoms with Gasteiger partial charge >= 0.3 is 0 Å². The molecule has 3 rings (SSSR count). The van der Waals surface area contributed by atoms with Crippen molar-refractivity contribution in [3.63, 3.8) is 0 Å². The van der Waals surface area contributed by atoms with Crippen LogP contribution >= 0.6 is 0 Å². The molecule has 2 aromatic rings. The third kappa shape index (κ3) is 3.32. The lowest BCUT2D eigenvalue weighted by Crippen LogP contribution is -2.31. The van der Waals surface area contributed by atoms with Crippen molar-refractivity contribution in [1.82, 2.24) is 14.3 Å². The van der Waals surface area contributed by atoms with E-state index in [1.165, 1.54) is 30.6 Å². The molecule has 26 heavy (non-hydrogen) atoms. The normalized spacial score (nSPS) is 17.6. The molecule has 134 valence electrons. The Morgan fingerprint density at radius 1 is 1.31 bits per heavy atom. The number of sulfonamides is 1. The molecule has 0 aliphatic carbocycles. The number of benzene rings is 1. The van der Waals surface area contributed by atoms with Gasteiger partial charge in [0.05, 0.1) is 11.5 Å². The number of hydrogen-bond donors (Lipinski definition) is 0. The fraction of sp³-hybridized carbons (Fsp3) is 0.267. The number of nitro benzene ring substituents is 1. The Balaban J connectivity index is 1.80. The van der Waals surface area contributed by atoms with Gasteiger partial charge in [-0.15, -0.1) is 0 Å². The van der Waals surface area contributed by atoms with Gasteiger partial charge in [0.15, 0.2) is 4.90 Å². The minimum atomic E-state index is -4.04. The summed E-state index contributed by atoms with van der Waals surface area (Å²) in [6.45, 7) is 0.136. The summed E-state index contributed by atoms with van der Waals surface area (Å²) >= 11 is 0. The molecule has 11 heteroatoms. The van der Waals surface area contributed by atoms with E-state index in [0.717, 1.165) is 10.4 Å². The maximum absolute atomic E-state index is 12.8. The molecule has 0 saturated carbocycles. The molecule has 0 amide bonds. The van der Waals surface area contributed by atoms with Gasteiger partial charge in [-0.05, 0) is 12.5 Å². The van der Waals surface area contributed by atoms with Gasteiger partial charge in [0.2, 0.25) is 15.7 Å². The van der Waals surface area contributed by atoms with Crippen molar-refractivity contribution >= 4 is 15.7 Å². The van der Waals surface area contributed by atoms with Crippen LogP contribution < -0.4 is 4.74 Å². The zero-order valence-corrected chi connectivity index (χ0v) is 14.2. The smallest absolute Gasteiger partial charge is 0.289 e. The van der Waals surface area contributed by atoms with Crippen molar-refractivity contribution in [2.75, 3.05) is 13.1 Å². The summed E-state index contributed by atoms with van der Waals surface area (Å²) in [5, 5.41) is 20.1. The Morgan fingerprint density at radius 3 is 2.77 bits per heavy atom. The van der Waals surface area contributed by atoms with E-state index in [4.69, 9.17) is 10.00 Å². The molecule has 1 aliphatic rings. The summed E-state index contributed by atoms with van der Waals surface area (Å²) in [6, 6.07) is 7.05. The van der Waals surface area contributed by atoms with Crippen molar-refractivity contribution in [3.05, 3.63) is 52.5 Å². The lowest BCUT2D eigenvalue weighted by atomic mass is 10.3. The molecule has 1 aliphatic heterocycles. The first-order chi connectivity index (χ1) is 12.4. The highest BCUT2D eigenvalue weighted by Gasteiger charge is 2.37. The molecule has 1 unspecified atom stereocenters. The molecular formula is C15H13N5O5S. The largest absolute Gasteiger partial charge is 0.471 e. The molecular weight excluding hydrogens is 362 g/mol. The molecule has 1 saturated heterocycles. The Morgan fingerprint density at radius 2 is 2.04 bits per heavy atom. The minimum Gasteiger partial charge on any atom is -0.471 e. The summed E-state index contributed by atoms with van der Waals surface area (Å²) in [7, 11) is -4.04. The molecule has 0 bridgehead atoms. The van der Waals surface area contributed by atoms with E-state index in [-0.39, 0.29) is 29.6 Å². The fourth-order valence-electron chi connectivity index (χ4n) is 2.62. The van der Waals surface area contributed by atoms with Crippen LogP contribution in [0, 0.1) is 21.4 Å². The van der Waals surface area contributed by atoms with Crippen LogP contribution in [0.3, 0.4) is 0 Å². The third-order valence-corrected chi connectivity index (χ3v) is 5.75. The number of nitrogens with zero attached hydrogens (tertiary/aromatic N) is 5. The van der Waals surface area contributed by atoms with Crippen molar-refractivity contribution < 1.29 is 18.1 Å². The van der Waals surface area contributed by atoms with Crippen molar-refractivity contribution in [1.29, 1.82) is 5.26 Å². The average molecular weight is 375 g/mol. The Labute approximate surface area is 148 Å². The zero-order valence-electron chi connectivity index (χ0n) is 13.3. The van der Waals surface area contributed by atoms with Gasteiger partial charge in [0, 0.05) is 25.0 Å². The van der Waals surface area contributed by atoms with Crippen LogP contribution in [-0.4, -0.2) is 46.8 Å². The van der Waals surface area contributed by atoms with Gasteiger partial charge in [0.1, 0.15) is 12.2 Å². The predicted octanol–water partition coefficient (Wildman–Crippen LogP) is 1.10. The number of para-hydroxylation sites is 1. The second kappa shape index (κ2) is 7.03. The van der Waals surface area contributed by atoms with Crippen LogP contribution in [0.4, 0.5) is 5.69 Å². The number of ether oxygens (including phenoxy) is 1. The van der Waals surface area contributed by atoms with Crippen molar-refractivity contribution in [2.24, 2.45) is 0 Å². The lowest BCUT2D eigenvalue weighted by molar-refractivity contribution is -0.387. The molecule has 1 aromatic heterocycles. The molecule has 0 N–H and O–H groups in total. The minimum absolute atomic E-state index is 0.00414. The molecule has 1 atom stereocenters. The first-order valence-electron chi connectivity index (χ1n) is 7.55. The summed E-state index contributed by atoms with van der Waals surface area (Å²) in [5.74, 6) is 0.0324. The van der Waals surface area contributed by atoms with E-state index < -0.39 is 26.7 Å². The summed E-state index contributed by atoms with van der Waals surface area (Å²) < 4.78 is 32.3. The van der Waals surface area contributed by atoms with E-state index in [1.54, 1.807) is 0 Å². The quantitative estimate of drug-likeness (QED) is 0.559. The molecule has 0 radical (unpaired) electrons. The topological polar surface area (TPSA) is 139 Å². The maximum Gasteiger partial charge on any atom is 0.289 e. The predicted molar refractivity (Wildman–Crippen MR) is 87.6 cm³/mol. The highest BCUT2D eigenvalue weighted by molar-refractivity contribution is 7.89. The first kappa shape index (κ1) is 17.7. The van der Waals surface area contributed by atoms with E-state index in [9.17, 15) is 18.5 Å². The van der Waals surface area contributed by atoms with Crippen LogP contribution in [0.2, 0.25) is 0 Å². The second-order valence-electron chi connectivity index (χ2n) is 5.44. The van der Waals surface area contributed by atoms with Gasteiger partial charge in [-0.3, -0.25) is 10.1 Å². The van der Waals surface area contributed by atoms with Crippen LogP contribution in [0.25, 0.3) is 0 Å². The number of hydrogen-bond acceptors (Lipinski definition) is 8. The van der Waals surface area contributed by atoms with E-state index in [2.05, 4.69) is 9.97 Å². The summed E-state index contributed by atoms with van der Waals surface area (Å²) in [5.41, 5.74) is -0.468. The number of nitriles is 1. The molecule has 0 spiro atoms. The van der Waals surface area contributed by atoms with Gasteiger partial charge in [-0.1, -0.05) is 12.1 Å². The van der Waals surface area contributed by atoms with Crippen LogP contribution in [0.15, 0.2) is 41.6 Å². The van der Waals surface area contributed by atoms with Crippen LogP contribution in [-0.2, 0) is 10.0 Å². The highest BCUT2D eigenvalue weighted by atomic mass is 32.2. The van der Waals surface area contributed by atoms with Gasteiger partial charge in [-0.2, -0.15) is 9.57 Å². The van der Waals surface area contributed by atoms with Crippen LogP contribution in [0.1, 0.15) is 12.1 Å². The summed E-state index contributed by atoms with van der Waals surface area (Å²) in [4.78, 5) is 17.8. The monoisotopic (exact) mass is 375 g/mol. The average Bonchev–Trinajstić information content (AvgIpc) is 3.11. The third-order valence-electron chi connectivity index (χ3n) is 3.84. The first-order valence-corrected chi connectivity index (χ1v) is 8.99. The van der Waals surface area contributed by atoms with E-state index >= 15 is 0 Å². The Kier molecular flexibility index (Phi) is 4.79.